The van der Waals surface area contributed by atoms with Crippen LogP contribution in [0.4, 0.5) is 8.78 Å². The van der Waals surface area contributed by atoms with Crippen LogP contribution in [0.2, 0.25) is 0 Å². The summed E-state index contributed by atoms with van der Waals surface area (Å²) in [6, 6.07) is 0. The number of rotatable bonds is 8. The van der Waals surface area contributed by atoms with Crippen LogP contribution in [0.3, 0.4) is 0 Å². The molecule has 3 atom stereocenters. The molecular formula is C12H22F2N4O3. The predicted octanol–water partition coefficient (Wildman–Crippen LogP) is -0.675. The normalized spacial score (nSPS) is 28.4. The van der Waals surface area contributed by atoms with Gasteiger partial charge in [-0.25, -0.2) is 0 Å². The molecule has 0 aromatic carbocycles. The number of nitrogens with one attached hydrogen (secondary N) is 2. The summed E-state index contributed by atoms with van der Waals surface area (Å²) in [6.07, 6.45) is -2.38. The Labute approximate surface area is 122 Å². The lowest BCUT2D eigenvalue weighted by Gasteiger charge is -2.22. The Balaban J connectivity index is 2.59. The molecule has 5 N–H and O–H groups in total. The van der Waals surface area contributed by atoms with E-state index < -0.39 is 24.4 Å². The van der Waals surface area contributed by atoms with Crippen molar-refractivity contribution in [1.82, 2.24) is 10.2 Å². The fourth-order valence-corrected chi connectivity index (χ4v) is 1.91. The zero-order valence-electron chi connectivity index (χ0n) is 12.1. The highest BCUT2D eigenvalue weighted by atomic mass is 19.3. The van der Waals surface area contributed by atoms with Crippen LogP contribution in [0.15, 0.2) is 12.3 Å². The molecule has 0 amide bonds. The fourth-order valence-electron chi connectivity index (χ4n) is 1.91. The van der Waals surface area contributed by atoms with Gasteiger partial charge in [-0.15, -0.1) is 0 Å². The van der Waals surface area contributed by atoms with Crippen LogP contribution in [0.25, 0.3) is 0 Å². The van der Waals surface area contributed by atoms with E-state index in [4.69, 9.17) is 20.6 Å². The molecule has 1 fully saturated rings. The van der Waals surface area contributed by atoms with E-state index in [0.717, 1.165) is 12.3 Å². The molecule has 1 heterocycles. The molecule has 122 valence electrons. The van der Waals surface area contributed by atoms with Crippen LogP contribution in [-0.2, 0) is 9.47 Å². The van der Waals surface area contributed by atoms with E-state index >= 15 is 0 Å². The maximum Gasteiger partial charge on any atom is 0.319 e. The lowest BCUT2D eigenvalue weighted by molar-refractivity contribution is -0.117. The fraction of sp³-hybridized carbons (Fsp3) is 0.750. The van der Waals surface area contributed by atoms with Gasteiger partial charge < -0.3 is 30.5 Å². The van der Waals surface area contributed by atoms with Gasteiger partial charge in [0.05, 0.1) is 6.61 Å². The van der Waals surface area contributed by atoms with E-state index in [-0.39, 0.29) is 12.4 Å². The molecule has 21 heavy (non-hydrogen) atoms. The summed E-state index contributed by atoms with van der Waals surface area (Å²) >= 11 is 0. The number of aliphatic hydroxyl groups excluding tert-OH is 1. The average molecular weight is 308 g/mol. The minimum Gasteiger partial charge on any atom is -0.384 e. The number of halogens is 2. The predicted molar refractivity (Wildman–Crippen MR) is 73.2 cm³/mol. The van der Waals surface area contributed by atoms with Gasteiger partial charge in [-0.2, -0.15) is 8.78 Å². The topological polar surface area (TPSA) is 104 Å². The van der Waals surface area contributed by atoms with Crippen molar-refractivity contribution in [2.75, 3.05) is 33.9 Å². The van der Waals surface area contributed by atoms with Gasteiger partial charge in [-0.1, -0.05) is 0 Å². The van der Waals surface area contributed by atoms with Gasteiger partial charge in [0.25, 0.3) is 0 Å². The molecule has 0 bridgehead atoms. The van der Waals surface area contributed by atoms with Crippen LogP contribution in [0, 0.1) is 5.41 Å². The van der Waals surface area contributed by atoms with Gasteiger partial charge in [0.15, 0.2) is 6.23 Å². The zero-order chi connectivity index (χ0) is 16.0. The molecular weight excluding hydrogens is 286 g/mol. The van der Waals surface area contributed by atoms with Crippen molar-refractivity contribution < 1.29 is 23.4 Å². The highest BCUT2D eigenvalue weighted by molar-refractivity contribution is 5.88. The molecule has 1 aliphatic heterocycles. The van der Waals surface area contributed by atoms with Crippen molar-refractivity contribution in [2.24, 2.45) is 5.73 Å². The van der Waals surface area contributed by atoms with Gasteiger partial charge in [-0.3, -0.25) is 5.41 Å². The van der Waals surface area contributed by atoms with Crippen molar-refractivity contribution in [1.29, 1.82) is 5.41 Å². The first-order valence-corrected chi connectivity index (χ1v) is 6.44. The molecule has 0 aromatic heterocycles. The average Bonchev–Trinajstić information content (AvgIpc) is 2.60. The Morgan fingerprint density at radius 1 is 1.62 bits per heavy atom. The van der Waals surface area contributed by atoms with Crippen molar-refractivity contribution in [3.8, 4) is 0 Å². The molecule has 9 heteroatoms. The maximum atomic E-state index is 13.9. The van der Waals surface area contributed by atoms with Gasteiger partial charge >= 0.3 is 5.92 Å². The molecule has 0 unspecified atom stereocenters. The molecule has 1 aliphatic rings. The number of aliphatic hydroxyl groups is 1. The van der Waals surface area contributed by atoms with Crippen molar-refractivity contribution >= 4 is 5.84 Å². The van der Waals surface area contributed by atoms with E-state index in [0.29, 0.717) is 13.2 Å². The second kappa shape index (κ2) is 7.64. The van der Waals surface area contributed by atoms with Crippen molar-refractivity contribution in [3.63, 3.8) is 0 Å². The Morgan fingerprint density at radius 2 is 2.29 bits per heavy atom. The molecule has 0 spiro atoms. The quantitative estimate of drug-likeness (QED) is 0.350. The summed E-state index contributed by atoms with van der Waals surface area (Å²) in [7, 11) is 3.27. The monoisotopic (exact) mass is 308 g/mol. The van der Waals surface area contributed by atoms with Gasteiger partial charge in [0.2, 0.25) is 0 Å². The number of nitrogens with two attached hydrogens (primary N) is 1. The number of methoxy groups -OCH3 is 1. The standard InChI is InChI=1S/C12H22F2N4O3/c1-18(5-6-20-2)7-8-10(19)12(13,14)11(21-8)17-4-3-9(15)16/h3-4,8,10-11,17,19H,5-7H2,1-2H3,(H3,15,16)/b4-3-/t8-,10-,11-/m1/s1. The lowest BCUT2D eigenvalue weighted by Crippen LogP contribution is -2.46. The van der Waals surface area contributed by atoms with E-state index in [1.54, 1.807) is 19.1 Å². The first-order valence-electron chi connectivity index (χ1n) is 6.44. The summed E-state index contributed by atoms with van der Waals surface area (Å²) in [5.41, 5.74) is 5.07. The largest absolute Gasteiger partial charge is 0.384 e. The second-order valence-corrected chi connectivity index (χ2v) is 4.88. The molecule has 7 nitrogen and oxygen atoms in total. The van der Waals surface area contributed by atoms with Crippen LogP contribution < -0.4 is 11.1 Å². The smallest absolute Gasteiger partial charge is 0.319 e. The Kier molecular flexibility index (Phi) is 6.46. The maximum absolute atomic E-state index is 13.9. The van der Waals surface area contributed by atoms with Crippen LogP contribution >= 0.6 is 0 Å². The second-order valence-electron chi connectivity index (χ2n) is 4.88. The third-order valence-corrected chi connectivity index (χ3v) is 3.09. The zero-order valence-corrected chi connectivity index (χ0v) is 12.1. The highest BCUT2D eigenvalue weighted by Gasteiger charge is 2.58. The molecule has 0 aromatic rings. The minimum absolute atomic E-state index is 0.148. The van der Waals surface area contributed by atoms with E-state index in [1.807, 2.05) is 0 Å². The number of likely N-dealkylation sites (N-methyl/N-ethyl adjacent to an activating group) is 1. The molecule has 1 saturated heterocycles. The Bertz CT molecular complexity index is 382. The van der Waals surface area contributed by atoms with Gasteiger partial charge in [0, 0.05) is 26.4 Å². The van der Waals surface area contributed by atoms with Crippen molar-refractivity contribution in [2.45, 2.75) is 24.4 Å². The highest BCUT2D eigenvalue weighted by Crippen LogP contribution is 2.35. The molecule has 0 aliphatic carbocycles. The molecule has 0 saturated carbocycles. The van der Waals surface area contributed by atoms with Gasteiger partial charge in [-0.05, 0) is 13.1 Å². The van der Waals surface area contributed by atoms with Crippen LogP contribution in [0.1, 0.15) is 0 Å². The van der Waals surface area contributed by atoms with E-state index in [1.165, 1.54) is 0 Å². The SMILES string of the molecule is COCCN(C)C[C@H]1O[C@@H](N/C=C\C(=N)N)C(F)(F)[C@@H]1O. The third kappa shape index (κ3) is 4.88. The third-order valence-electron chi connectivity index (χ3n) is 3.09. The van der Waals surface area contributed by atoms with Gasteiger partial charge in [0.1, 0.15) is 18.0 Å². The summed E-state index contributed by atoms with van der Waals surface area (Å²) in [4.78, 5) is 1.74. The first kappa shape index (κ1) is 17.8. The van der Waals surface area contributed by atoms with E-state index in [9.17, 15) is 13.9 Å². The first-order chi connectivity index (χ1) is 9.78. The number of hydrogen-bond donors (Lipinski definition) is 4. The summed E-state index contributed by atoms with van der Waals surface area (Å²) < 4.78 is 37.8. The van der Waals surface area contributed by atoms with Crippen LogP contribution in [-0.4, -0.2) is 74.1 Å². The molecule has 1 rings (SSSR count). The Hall–Kier alpha value is -1.29. The summed E-state index contributed by atoms with van der Waals surface area (Å²) in [5, 5.41) is 19.0. The lowest BCUT2D eigenvalue weighted by atomic mass is 10.1. The van der Waals surface area contributed by atoms with Crippen LogP contribution in [0.5, 0.6) is 0 Å². The number of hydrogen-bond acceptors (Lipinski definition) is 6. The van der Waals surface area contributed by atoms with Crippen molar-refractivity contribution in [3.05, 3.63) is 12.3 Å². The minimum atomic E-state index is -3.44. The number of amidine groups is 1. The summed E-state index contributed by atoms with van der Waals surface area (Å²) in [5.74, 6) is -3.71. The number of ether oxygens (including phenoxy) is 2. The summed E-state index contributed by atoms with van der Waals surface area (Å²) in [6.45, 7) is 1.14. The number of nitrogens with zero attached hydrogens (tertiary/aromatic N) is 1. The Morgan fingerprint density at radius 3 is 2.86 bits per heavy atom. The molecule has 0 radical (unpaired) electrons. The van der Waals surface area contributed by atoms with E-state index in [2.05, 4.69) is 5.32 Å². The number of alkyl halides is 2.